The van der Waals surface area contributed by atoms with Gasteiger partial charge in [-0.25, -0.2) is 4.79 Å². The quantitative estimate of drug-likeness (QED) is 0.389. The molecule has 0 aliphatic carbocycles. The van der Waals surface area contributed by atoms with E-state index < -0.39 is 19.6 Å². The van der Waals surface area contributed by atoms with Crippen LogP contribution in [0.1, 0.15) is 0 Å². The third-order valence-corrected chi connectivity index (χ3v) is 2.00. The number of hydrogen-bond donors (Lipinski definition) is 4. The normalized spacial score (nSPS) is 11.4. The molecule has 0 bridgehead atoms. The van der Waals surface area contributed by atoms with E-state index in [0.717, 1.165) is 0 Å². The summed E-state index contributed by atoms with van der Waals surface area (Å²) in [6.45, 7) is 0.413. The fourth-order valence-electron chi connectivity index (χ4n) is 0.904. The van der Waals surface area contributed by atoms with Crippen LogP contribution in [0.2, 0.25) is 0 Å². The second kappa shape index (κ2) is 5.76. The molecule has 0 saturated heterocycles. The molecule has 8 nitrogen and oxygen atoms in total. The Kier molecular flexibility index (Phi) is 4.63. The van der Waals surface area contributed by atoms with Gasteiger partial charge in [0.1, 0.15) is 12.2 Å². The first kappa shape index (κ1) is 12.9. The summed E-state index contributed by atoms with van der Waals surface area (Å²) < 4.78 is 15.1. The highest BCUT2D eigenvalue weighted by Gasteiger charge is 2.11. The van der Waals surface area contributed by atoms with Gasteiger partial charge in [0.25, 0.3) is 0 Å². The lowest BCUT2D eigenvalue weighted by atomic mass is 10.5. The van der Waals surface area contributed by atoms with Gasteiger partial charge in [0.05, 0.1) is 6.61 Å². The van der Waals surface area contributed by atoms with Gasteiger partial charge in [-0.15, -0.1) is 0 Å². The molecule has 1 heterocycles. The molecule has 0 amide bonds. The van der Waals surface area contributed by atoms with Crippen LogP contribution < -0.4 is 11.0 Å². The van der Waals surface area contributed by atoms with E-state index in [1.54, 1.807) is 6.07 Å². The Morgan fingerprint density at radius 1 is 1.56 bits per heavy atom. The molecule has 90 valence electrons. The van der Waals surface area contributed by atoms with Crippen molar-refractivity contribution < 1.29 is 19.1 Å². The highest BCUT2D eigenvalue weighted by molar-refractivity contribution is 7.51. The highest BCUT2D eigenvalue weighted by atomic mass is 31.2. The van der Waals surface area contributed by atoms with Crippen LogP contribution in [0.4, 0.5) is 5.82 Å². The molecule has 0 unspecified atom stereocenters. The lowest BCUT2D eigenvalue weighted by Gasteiger charge is -2.06. The highest BCUT2D eigenvalue weighted by Crippen LogP contribution is 2.33. The molecule has 0 fully saturated rings. The molecule has 16 heavy (non-hydrogen) atoms. The number of H-pyrrole nitrogens is 1. The Bertz CT molecular complexity index is 428. The number of ether oxygens (including phenoxy) is 1. The standard InChI is InChI=1S/C7H12N3O5P/c11-7-9-2-1-6(10-7)8-3-4-15-5-16(12,13)14/h1-2H,3-5H2,(H2,12,13,14)(H2,8,9,10,11). The predicted octanol–water partition coefficient (Wildman–Crippen LogP) is -0.666. The van der Waals surface area contributed by atoms with Gasteiger partial charge in [-0.1, -0.05) is 0 Å². The number of nitrogens with zero attached hydrogens (tertiary/aromatic N) is 1. The average molecular weight is 249 g/mol. The predicted molar refractivity (Wildman–Crippen MR) is 56.2 cm³/mol. The fraction of sp³-hybridized carbons (Fsp3) is 0.429. The maximum Gasteiger partial charge on any atom is 0.350 e. The average Bonchev–Trinajstić information content (AvgIpc) is 2.15. The van der Waals surface area contributed by atoms with Crippen LogP contribution in [-0.4, -0.2) is 39.3 Å². The van der Waals surface area contributed by atoms with Gasteiger partial charge in [0.2, 0.25) is 0 Å². The minimum absolute atomic E-state index is 0.111. The van der Waals surface area contributed by atoms with Gasteiger partial charge in [0.15, 0.2) is 0 Å². The van der Waals surface area contributed by atoms with E-state index in [1.807, 2.05) is 0 Å². The van der Waals surface area contributed by atoms with E-state index >= 15 is 0 Å². The maximum atomic E-state index is 10.8. The van der Waals surface area contributed by atoms with Crippen molar-refractivity contribution in [2.75, 3.05) is 24.8 Å². The van der Waals surface area contributed by atoms with Gasteiger partial charge >= 0.3 is 13.3 Å². The minimum Gasteiger partial charge on any atom is -0.368 e. The summed E-state index contributed by atoms with van der Waals surface area (Å²) in [7, 11) is -4.11. The molecular formula is C7H12N3O5P. The van der Waals surface area contributed by atoms with Crippen molar-refractivity contribution >= 4 is 13.4 Å². The number of aromatic nitrogens is 2. The Morgan fingerprint density at radius 3 is 2.94 bits per heavy atom. The van der Waals surface area contributed by atoms with Crippen molar-refractivity contribution in [2.24, 2.45) is 0 Å². The Morgan fingerprint density at radius 2 is 2.31 bits per heavy atom. The lowest BCUT2D eigenvalue weighted by molar-refractivity contribution is 0.167. The van der Waals surface area contributed by atoms with Crippen LogP contribution in [-0.2, 0) is 9.30 Å². The number of anilines is 1. The zero-order valence-electron chi connectivity index (χ0n) is 8.29. The molecular weight excluding hydrogens is 237 g/mol. The molecule has 0 spiro atoms. The molecule has 1 rings (SSSR count). The second-order valence-electron chi connectivity index (χ2n) is 2.91. The third-order valence-electron chi connectivity index (χ3n) is 1.48. The number of rotatable bonds is 6. The topological polar surface area (TPSA) is 125 Å². The van der Waals surface area contributed by atoms with Crippen molar-refractivity contribution in [1.82, 2.24) is 9.97 Å². The molecule has 4 N–H and O–H groups in total. The Labute approximate surface area is 90.8 Å². The largest absolute Gasteiger partial charge is 0.368 e. The zero-order chi connectivity index (χ0) is 12.0. The summed E-state index contributed by atoms with van der Waals surface area (Å²) in [5.41, 5.74) is -0.471. The number of nitrogens with one attached hydrogen (secondary N) is 2. The summed E-state index contributed by atoms with van der Waals surface area (Å²) >= 11 is 0. The second-order valence-corrected chi connectivity index (χ2v) is 4.50. The summed E-state index contributed by atoms with van der Waals surface area (Å²) in [6, 6.07) is 1.56. The third kappa shape index (κ3) is 5.62. The van der Waals surface area contributed by atoms with Gasteiger partial charge in [0, 0.05) is 12.7 Å². The Balaban J connectivity index is 2.21. The van der Waals surface area contributed by atoms with Crippen molar-refractivity contribution in [3.63, 3.8) is 0 Å². The molecule has 1 aromatic rings. The van der Waals surface area contributed by atoms with E-state index in [-0.39, 0.29) is 6.61 Å². The van der Waals surface area contributed by atoms with Crippen LogP contribution in [0.25, 0.3) is 0 Å². The molecule has 0 aromatic carbocycles. The van der Waals surface area contributed by atoms with E-state index in [0.29, 0.717) is 12.4 Å². The monoisotopic (exact) mass is 249 g/mol. The van der Waals surface area contributed by atoms with Crippen molar-refractivity contribution in [1.29, 1.82) is 0 Å². The van der Waals surface area contributed by atoms with Crippen LogP contribution in [0.15, 0.2) is 17.1 Å². The molecule has 0 saturated carbocycles. The smallest absolute Gasteiger partial charge is 0.350 e. The van der Waals surface area contributed by atoms with E-state index in [1.165, 1.54) is 6.20 Å². The van der Waals surface area contributed by atoms with Crippen molar-refractivity contribution in [3.8, 4) is 0 Å². The van der Waals surface area contributed by atoms with Crippen molar-refractivity contribution in [3.05, 3.63) is 22.7 Å². The van der Waals surface area contributed by atoms with Gasteiger partial charge in [-0.3, -0.25) is 4.57 Å². The van der Waals surface area contributed by atoms with Crippen molar-refractivity contribution in [2.45, 2.75) is 0 Å². The first-order valence-corrected chi connectivity index (χ1v) is 6.19. The maximum absolute atomic E-state index is 10.8. The SMILES string of the molecule is O=c1nc(NCCOCP(=O)(O)O)cc[nH]1. The molecule has 0 aliphatic heterocycles. The van der Waals surface area contributed by atoms with Gasteiger partial charge in [-0.05, 0) is 6.07 Å². The molecule has 1 aromatic heterocycles. The number of hydrogen-bond acceptors (Lipinski definition) is 5. The van der Waals surface area contributed by atoms with E-state index in [9.17, 15) is 9.36 Å². The van der Waals surface area contributed by atoms with Crippen LogP contribution >= 0.6 is 7.60 Å². The van der Waals surface area contributed by atoms with E-state index in [4.69, 9.17) is 14.5 Å². The number of aromatic amines is 1. The Hall–Kier alpha value is -1.21. The zero-order valence-corrected chi connectivity index (χ0v) is 9.18. The van der Waals surface area contributed by atoms with Crippen LogP contribution in [0.5, 0.6) is 0 Å². The molecule has 0 aliphatic rings. The first-order valence-electron chi connectivity index (χ1n) is 4.39. The molecule has 9 heteroatoms. The lowest BCUT2D eigenvalue weighted by Crippen LogP contribution is -2.15. The minimum atomic E-state index is -4.11. The van der Waals surface area contributed by atoms with Gasteiger partial charge < -0.3 is 24.8 Å². The molecule has 0 atom stereocenters. The summed E-state index contributed by atoms with van der Waals surface area (Å²) in [4.78, 5) is 33.7. The first-order chi connectivity index (χ1) is 7.47. The van der Waals surface area contributed by atoms with E-state index in [2.05, 4.69) is 15.3 Å². The fourth-order valence-corrected chi connectivity index (χ4v) is 1.27. The van der Waals surface area contributed by atoms with Gasteiger partial charge in [-0.2, -0.15) is 4.98 Å². The molecule has 0 radical (unpaired) electrons. The van der Waals surface area contributed by atoms with Crippen LogP contribution in [0, 0.1) is 0 Å². The van der Waals surface area contributed by atoms with Crippen LogP contribution in [0.3, 0.4) is 0 Å². The summed E-state index contributed by atoms with van der Waals surface area (Å²) in [5.74, 6) is 0.378. The summed E-state index contributed by atoms with van der Waals surface area (Å²) in [5, 5.41) is 2.76. The summed E-state index contributed by atoms with van der Waals surface area (Å²) in [6.07, 6.45) is 0.825.